The lowest BCUT2D eigenvalue weighted by Crippen LogP contribution is -2.22. The average Bonchev–Trinajstić information content (AvgIpc) is 3.27. The smallest absolute Gasteiger partial charge is 0.387 e. The minimum Gasteiger partial charge on any atom is -0.435 e. The van der Waals surface area contributed by atoms with Crippen LogP contribution in [-0.4, -0.2) is 32.7 Å². The number of para-hydroxylation sites is 2. The Morgan fingerprint density at radius 1 is 1.00 bits per heavy atom. The van der Waals surface area contributed by atoms with Crippen molar-refractivity contribution in [2.45, 2.75) is 11.8 Å². The number of nitrogens with one attached hydrogen (secondary N) is 1. The summed E-state index contributed by atoms with van der Waals surface area (Å²) >= 11 is 1.14. The number of halogens is 2. The predicted molar refractivity (Wildman–Crippen MR) is 127 cm³/mol. The Morgan fingerprint density at radius 3 is 2.47 bits per heavy atom. The number of alkyl halides is 2. The second-order valence-corrected chi connectivity index (χ2v) is 8.33. The van der Waals surface area contributed by atoms with Crippen LogP contribution in [0.2, 0.25) is 0 Å². The second kappa shape index (κ2) is 9.11. The number of ether oxygens (including phenoxy) is 1. The molecule has 0 fully saturated rings. The third-order valence-electron chi connectivity index (χ3n) is 5.29. The van der Waals surface area contributed by atoms with Crippen molar-refractivity contribution in [1.82, 2.24) is 14.5 Å². The number of ketones is 1. The van der Waals surface area contributed by atoms with E-state index in [-0.39, 0.29) is 22.8 Å². The van der Waals surface area contributed by atoms with Gasteiger partial charge in [0.25, 0.3) is 5.56 Å². The summed E-state index contributed by atoms with van der Waals surface area (Å²) in [5, 5.41) is 1.55. The zero-order chi connectivity index (χ0) is 23.7. The van der Waals surface area contributed by atoms with Crippen LogP contribution in [0.3, 0.4) is 0 Å². The van der Waals surface area contributed by atoms with Crippen LogP contribution in [0.25, 0.3) is 27.5 Å². The van der Waals surface area contributed by atoms with Crippen molar-refractivity contribution in [3.63, 3.8) is 0 Å². The third kappa shape index (κ3) is 4.17. The number of thioether (sulfide) groups is 1. The van der Waals surface area contributed by atoms with Gasteiger partial charge < -0.3 is 9.72 Å². The van der Waals surface area contributed by atoms with Gasteiger partial charge in [0.15, 0.2) is 10.9 Å². The van der Waals surface area contributed by atoms with Crippen LogP contribution in [0.4, 0.5) is 8.78 Å². The van der Waals surface area contributed by atoms with Gasteiger partial charge in [0.2, 0.25) is 0 Å². The van der Waals surface area contributed by atoms with E-state index >= 15 is 0 Å². The van der Waals surface area contributed by atoms with Gasteiger partial charge in [0.1, 0.15) is 5.75 Å². The molecule has 0 unspecified atom stereocenters. The van der Waals surface area contributed by atoms with E-state index < -0.39 is 6.61 Å². The molecule has 0 radical (unpaired) electrons. The summed E-state index contributed by atoms with van der Waals surface area (Å²) in [5.74, 6) is -0.0829. The Bertz CT molecular complexity index is 1560. The number of carbonyl (C=O) groups excluding carboxylic acids is 1. The van der Waals surface area contributed by atoms with E-state index in [0.29, 0.717) is 27.3 Å². The largest absolute Gasteiger partial charge is 0.435 e. The summed E-state index contributed by atoms with van der Waals surface area (Å²) in [6, 6.07) is 20.1. The van der Waals surface area contributed by atoms with E-state index in [0.717, 1.165) is 22.7 Å². The predicted octanol–water partition coefficient (Wildman–Crippen LogP) is 5.44. The fraction of sp³-hybridized carbons (Fsp3) is 0.0800. The van der Waals surface area contributed by atoms with Gasteiger partial charge in [-0.15, -0.1) is 0 Å². The first-order valence-electron chi connectivity index (χ1n) is 10.3. The molecular formula is C25H17F2N3O3S. The number of hydrogen-bond donors (Lipinski definition) is 1. The lowest BCUT2D eigenvalue weighted by molar-refractivity contribution is -0.0498. The Kier molecular flexibility index (Phi) is 5.85. The van der Waals surface area contributed by atoms with E-state index in [2.05, 4.69) is 14.7 Å². The Hall–Kier alpha value is -3.98. The van der Waals surface area contributed by atoms with Crippen molar-refractivity contribution in [3.05, 3.63) is 94.9 Å². The summed E-state index contributed by atoms with van der Waals surface area (Å²) < 4.78 is 30.8. The van der Waals surface area contributed by atoms with E-state index in [4.69, 9.17) is 0 Å². The number of aromatic amines is 1. The molecule has 9 heteroatoms. The number of rotatable bonds is 7. The minimum atomic E-state index is -2.95. The molecule has 0 saturated heterocycles. The number of carbonyl (C=O) groups is 1. The number of H-pyrrole nitrogens is 1. The third-order valence-corrected chi connectivity index (χ3v) is 6.23. The highest BCUT2D eigenvalue weighted by atomic mass is 32.2. The van der Waals surface area contributed by atoms with Crippen molar-refractivity contribution < 1.29 is 18.3 Å². The molecule has 0 spiro atoms. The number of benzene rings is 3. The highest BCUT2D eigenvalue weighted by Gasteiger charge is 2.17. The maximum Gasteiger partial charge on any atom is 0.387 e. The molecule has 5 rings (SSSR count). The minimum absolute atomic E-state index is 0.0238. The highest BCUT2D eigenvalue weighted by Crippen LogP contribution is 2.26. The molecule has 2 heterocycles. The molecule has 0 aliphatic heterocycles. The van der Waals surface area contributed by atoms with E-state index in [1.807, 2.05) is 24.3 Å². The molecule has 1 N–H and O–H groups in total. The fourth-order valence-corrected chi connectivity index (χ4v) is 4.62. The Labute approximate surface area is 196 Å². The molecule has 0 atom stereocenters. The normalized spacial score (nSPS) is 11.4. The van der Waals surface area contributed by atoms with E-state index in [1.165, 1.54) is 28.8 Å². The van der Waals surface area contributed by atoms with Crippen LogP contribution in [0.1, 0.15) is 10.4 Å². The second-order valence-electron chi connectivity index (χ2n) is 7.38. The summed E-state index contributed by atoms with van der Waals surface area (Å²) in [7, 11) is 0. The van der Waals surface area contributed by atoms with Crippen LogP contribution >= 0.6 is 11.8 Å². The molecule has 0 amide bonds. The lowest BCUT2D eigenvalue weighted by atomic mass is 10.1. The first-order valence-corrected chi connectivity index (χ1v) is 11.3. The Balaban J connectivity index is 1.52. The van der Waals surface area contributed by atoms with Crippen molar-refractivity contribution in [1.29, 1.82) is 0 Å². The van der Waals surface area contributed by atoms with Gasteiger partial charge in [-0.25, -0.2) is 4.98 Å². The van der Waals surface area contributed by atoms with Crippen LogP contribution < -0.4 is 10.3 Å². The number of Topliss-reactive ketones (excluding diaryl/α,β-unsaturated/α-hetero) is 1. The van der Waals surface area contributed by atoms with E-state index in [1.54, 1.807) is 30.5 Å². The SMILES string of the molecule is O=C(CSc1nc2ccccc2c(=O)n1-c1ccc(OC(F)F)cc1)c1c[nH]c2ccccc12. The first kappa shape index (κ1) is 21.8. The van der Waals surface area contributed by atoms with Crippen LogP contribution in [0.15, 0.2) is 88.9 Å². The lowest BCUT2D eigenvalue weighted by Gasteiger charge is -2.13. The topological polar surface area (TPSA) is 77.0 Å². The molecule has 3 aromatic carbocycles. The molecule has 5 aromatic rings. The quantitative estimate of drug-likeness (QED) is 0.192. The molecule has 0 saturated carbocycles. The molecule has 0 bridgehead atoms. The standard InChI is InChI=1S/C25H17F2N3O3S/c26-24(27)33-16-11-9-15(10-12-16)30-23(32)18-6-2-4-8-21(18)29-25(30)34-14-22(31)19-13-28-20-7-3-1-5-17(19)20/h1-13,24,28H,14H2. The average molecular weight is 477 g/mol. The maximum absolute atomic E-state index is 13.3. The summed E-state index contributed by atoms with van der Waals surface area (Å²) in [5.41, 5.74) is 2.03. The van der Waals surface area contributed by atoms with Gasteiger partial charge in [0.05, 0.1) is 22.3 Å². The van der Waals surface area contributed by atoms with Gasteiger partial charge in [-0.2, -0.15) is 8.78 Å². The fourth-order valence-electron chi connectivity index (χ4n) is 3.72. The summed E-state index contributed by atoms with van der Waals surface area (Å²) in [6.45, 7) is -2.95. The number of nitrogens with zero attached hydrogens (tertiary/aromatic N) is 2. The Morgan fingerprint density at radius 2 is 1.71 bits per heavy atom. The van der Waals surface area contributed by atoms with Gasteiger partial charge in [-0.05, 0) is 42.5 Å². The monoisotopic (exact) mass is 477 g/mol. The molecule has 170 valence electrons. The van der Waals surface area contributed by atoms with Crippen LogP contribution in [0, 0.1) is 0 Å². The van der Waals surface area contributed by atoms with Crippen LogP contribution in [-0.2, 0) is 0 Å². The number of hydrogen-bond acceptors (Lipinski definition) is 5. The number of fused-ring (bicyclic) bond motifs is 2. The summed E-state index contributed by atoms with van der Waals surface area (Å²) in [6.07, 6.45) is 1.68. The van der Waals surface area contributed by atoms with Crippen molar-refractivity contribution in [3.8, 4) is 11.4 Å². The van der Waals surface area contributed by atoms with Crippen molar-refractivity contribution in [2.24, 2.45) is 0 Å². The van der Waals surface area contributed by atoms with Gasteiger partial charge >= 0.3 is 6.61 Å². The maximum atomic E-state index is 13.3. The zero-order valence-electron chi connectivity index (χ0n) is 17.6. The van der Waals surface area contributed by atoms with Gasteiger partial charge in [-0.3, -0.25) is 14.2 Å². The molecular weight excluding hydrogens is 460 g/mol. The molecule has 34 heavy (non-hydrogen) atoms. The molecule has 2 aromatic heterocycles. The molecule has 6 nitrogen and oxygen atoms in total. The number of aromatic nitrogens is 3. The van der Waals surface area contributed by atoms with Crippen molar-refractivity contribution >= 4 is 39.4 Å². The molecule has 0 aliphatic rings. The highest BCUT2D eigenvalue weighted by molar-refractivity contribution is 7.99. The molecule has 0 aliphatic carbocycles. The first-order chi connectivity index (χ1) is 16.5. The summed E-state index contributed by atoms with van der Waals surface area (Å²) in [4.78, 5) is 34.0. The van der Waals surface area contributed by atoms with Crippen molar-refractivity contribution in [2.75, 3.05) is 5.75 Å². The van der Waals surface area contributed by atoms with Gasteiger partial charge in [-0.1, -0.05) is 42.1 Å². The van der Waals surface area contributed by atoms with E-state index in [9.17, 15) is 18.4 Å². The van der Waals surface area contributed by atoms with Gasteiger partial charge in [0, 0.05) is 22.7 Å². The van der Waals surface area contributed by atoms with Crippen LogP contribution in [0.5, 0.6) is 5.75 Å². The zero-order valence-corrected chi connectivity index (χ0v) is 18.4.